The van der Waals surface area contributed by atoms with Crippen molar-refractivity contribution in [1.29, 1.82) is 0 Å². The molecule has 3 heterocycles. The van der Waals surface area contributed by atoms with E-state index in [0.717, 1.165) is 17.3 Å². The molecule has 0 aliphatic rings. The summed E-state index contributed by atoms with van der Waals surface area (Å²) < 4.78 is 24.5. The Hall–Kier alpha value is -2.35. The molecule has 0 spiro atoms. The van der Waals surface area contributed by atoms with E-state index >= 15 is 0 Å². The molecule has 0 N–H and O–H groups in total. The lowest BCUT2D eigenvalue weighted by Gasteiger charge is -2.03. The fraction of sp³-hybridized carbons (Fsp3) is 0.167. The molecule has 0 atom stereocenters. The van der Waals surface area contributed by atoms with E-state index in [-0.39, 0.29) is 5.16 Å². The zero-order chi connectivity index (χ0) is 14.3. The van der Waals surface area contributed by atoms with Crippen molar-refractivity contribution in [2.75, 3.05) is 6.26 Å². The van der Waals surface area contributed by atoms with Crippen LogP contribution in [0.15, 0.2) is 35.7 Å². The molecule has 0 amide bonds. The molecular weight excluding hydrogens is 278 g/mol. The molecule has 0 saturated carbocycles. The van der Waals surface area contributed by atoms with Gasteiger partial charge in [0.25, 0.3) is 0 Å². The third kappa shape index (κ3) is 2.03. The first-order valence-electron chi connectivity index (χ1n) is 5.80. The molecule has 20 heavy (non-hydrogen) atoms. The Kier molecular flexibility index (Phi) is 2.75. The maximum atomic E-state index is 11.5. The second kappa shape index (κ2) is 4.34. The number of pyridine rings is 1. The van der Waals surface area contributed by atoms with Crippen molar-refractivity contribution in [3.63, 3.8) is 0 Å². The maximum absolute atomic E-state index is 11.5. The van der Waals surface area contributed by atoms with E-state index < -0.39 is 9.84 Å². The Morgan fingerprint density at radius 3 is 2.70 bits per heavy atom. The minimum atomic E-state index is -3.46. The molecule has 0 fully saturated rings. The van der Waals surface area contributed by atoms with Gasteiger partial charge in [-0.2, -0.15) is 14.8 Å². The van der Waals surface area contributed by atoms with Crippen LogP contribution < -0.4 is 0 Å². The van der Waals surface area contributed by atoms with Crippen molar-refractivity contribution in [1.82, 2.24) is 24.7 Å². The van der Waals surface area contributed by atoms with Gasteiger partial charge in [-0.3, -0.25) is 0 Å². The Morgan fingerprint density at radius 1 is 1.15 bits per heavy atom. The van der Waals surface area contributed by atoms with Crippen LogP contribution in [0.5, 0.6) is 0 Å². The Balaban J connectivity index is 2.27. The predicted molar refractivity (Wildman–Crippen MR) is 72.3 cm³/mol. The van der Waals surface area contributed by atoms with E-state index in [0.29, 0.717) is 11.5 Å². The molecule has 0 bridgehead atoms. The molecule has 7 nitrogen and oxygen atoms in total. The van der Waals surface area contributed by atoms with Gasteiger partial charge >= 0.3 is 0 Å². The number of aryl methyl sites for hydroxylation is 1. The van der Waals surface area contributed by atoms with E-state index in [1.54, 1.807) is 12.3 Å². The summed E-state index contributed by atoms with van der Waals surface area (Å²) in [4.78, 5) is 12.1. The summed E-state index contributed by atoms with van der Waals surface area (Å²) in [5.41, 5.74) is 1.43. The van der Waals surface area contributed by atoms with Crippen LogP contribution in [0.2, 0.25) is 0 Å². The standard InChI is InChI=1S/C12H11N5O2S/c1-8-9-4-3-6-13-11(9)17(16-8)10-5-7-14-12(15-10)20(2,18)19/h3-7H,1-2H3. The van der Waals surface area contributed by atoms with Crippen molar-refractivity contribution < 1.29 is 8.42 Å². The highest BCUT2D eigenvalue weighted by atomic mass is 32.2. The van der Waals surface area contributed by atoms with Crippen LogP contribution >= 0.6 is 0 Å². The summed E-state index contributed by atoms with van der Waals surface area (Å²) >= 11 is 0. The summed E-state index contributed by atoms with van der Waals surface area (Å²) in [6, 6.07) is 5.32. The van der Waals surface area contributed by atoms with Gasteiger partial charge in [-0.25, -0.2) is 18.4 Å². The Morgan fingerprint density at radius 2 is 1.95 bits per heavy atom. The van der Waals surface area contributed by atoms with E-state index in [9.17, 15) is 8.42 Å². The van der Waals surface area contributed by atoms with Crippen LogP contribution in [0.4, 0.5) is 0 Å². The first-order valence-corrected chi connectivity index (χ1v) is 7.70. The first kappa shape index (κ1) is 12.7. The van der Waals surface area contributed by atoms with Gasteiger partial charge in [0.05, 0.1) is 5.69 Å². The van der Waals surface area contributed by atoms with Crippen molar-refractivity contribution in [2.24, 2.45) is 0 Å². The quantitative estimate of drug-likeness (QED) is 0.652. The molecule has 102 valence electrons. The SMILES string of the molecule is Cc1nn(-c2ccnc(S(C)(=O)=O)n2)c2ncccc12. The Labute approximate surface area is 115 Å². The van der Waals surface area contributed by atoms with Crippen LogP contribution in [0.1, 0.15) is 5.69 Å². The molecule has 3 aromatic heterocycles. The van der Waals surface area contributed by atoms with Gasteiger partial charge in [0.1, 0.15) is 0 Å². The highest BCUT2D eigenvalue weighted by molar-refractivity contribution is 7.90. The van der Waals surface area contributed by atoms with Crippen LogP contribution in [0.3, 0.4) is 0 Å². The van der Waals surface area contributed by atoms with Gasteiger partial charge in [0.15, 0.2) is 11.5 Å². The van der Waals surface area contributed by atoms with E-state index in [1.165, 1.54) is 10.9 Å². The summed E-state index contributed by atoms with van der Waals surface area (Å²) in [6.07, 6.45) is 4.11. The van der Waals surface area contributed by atoms with E-state index in [4.69, 9.17) is 0 Å². The van der Waals surface area contributed by atoms with Crippen molar-refractivity contribution >= 4 is 20.9 Å². The molecule has 0 aliphatic carbocycles. The molecule has 0 aromatic carbocycles. The number of hydrogen-bond donors (Lipinski definition) is 0. The molecule has 0 aliphatic heterocycles. The molecular formula is C12H11N5O2S. The topological polar surface area (TPSA) is 90.6 Å². The highest BCUT2D eigenvalue weighted by Crippen LogP contribution is 2.18. The molecule has 3 rings (SSSR count). The van der Waals surface area contributed by atoms with Gasteiger partial charge in [0, 0.05) is 30.1 Å². The lowest BCUT2D eigenvalue weighted by molar-refractivity contribution is 0.592. The average molecular weight is 289 g/mol. The van der Waals surface area contributed by atoms with Gasteiger partial charge in [-0.1, -0.05) is 0 Å². The van der Waals surface area contributed by atoms with Crippen LogP contribution in [-0.4, -0.2) is 39.4 Å². The number of aromatic nitrogens is 5. The monoisotopic (exact) mass is 289 g/mol. The van der Waals surface area contributed by atoms with Crippen molar-refractivity contribution in [2.45, 2.75) is 12.1 Å². The van der Waals surface area contributed by atoms with E-state index in [1.807, 2.05) is 19.1 Å². The summed E-state index contributed by atoms with van der Waals surface area (Å²) in [5.74, 6) is 0.372. The number of fused-ring (bicyclic) bond motifs is 1. The Bertz CT molecular complexity index is 901. The van der Waals surface area contributed by atoms with Gasteiger partial charge in [-0.15, -0.1) is 0 Å². The number of rotatable bonds is 2. The van der Waals surface area contributed by atoms with Crippen LogP contribution in [-0.2, 0) is 9.84 Å². The fourth-order valence-corrected chi connectivity index (χ4v) is 2.40. The second-order valence-electron chi connectivity index (χ2n) is 4.34. The largest absolute Gasteiger partial charge is 0.248 e. The third-order valence-corrected chi connectivity index (χ3v) is 3.65. The van der Waals surface area contributed by atoms with E-state index in [2.05, 4.69) is 20.1 Å². The molecule has 0 saturated heterocycles. The van der Waals surface area contributed by atoms with Crippen molar-refractivity contribution in [3.8, 4) is 5.82 Å². The lowest BCUT2D eigenvalue weighted by atomic mass is 10.3. The first-order chi connectivity index (χ1) is 9.47. The fourth-order valence-electron chi connectivity index (χ4n) is 1.89. The minimum absolute atomic E-state index is 0.229. The number of nitrogens with zero attached hydrogens (tertiary/aromatic N) is 5. The molecule has 3 aromatic rings. The van der Waals surface area contributed by atoms with Crippen LogP contribution in [0.25, 0.3) is 16.9 Å². The van der Waals surface area contributed by atoms with Crippen LogP contribution in [0, 0.1) is 6.92 Å². The van der Waals surface area contributed by atoms with Gasteiger partial charge < -0.3 is 0 Å². The summed E-state index contributed by atoms with van der Waals surface area (Å²) in [5, 5.41) is 5.02. The lowest BCUT2D eigenvalue weighted by Crippen LogP contribution is -2.08. The summed E-state index contributed by atoms with van der Waals surface area (Å²) in [7, 11) is -3.46. The second-order valence-corrected chi connectivity index (χ2v) is 6.25. The summed E-state index contributed by atoms with van der Waals surface area (Å²) in [6.45, 7) is 1.86. The number of hydrogen-bond acceptors (Lipinski definition) is 6. The van der Waals surface area contributed by atoms with Crippen molar-refractivity contribution in [3.05, 3.63) is 36.3 Å². The zero-order valence-electron chi connectivity index (χ0n) is 10.8. The maximum Gasteiger partial charge on any atom is 0.248 e. The van der Waals surface area contributed by atoms with Gasteiger partial charge in [-0.05, 0) is 19.1 Å². The zero-order valence-corrected chi connectivity index (χ0v) is 11.7. The minimum Gasteiger partial charge on any atom is -0.236 e. The highest BCUT2D eigenvalue weighted by Gasteiger charge is 2.15. The molecule has 8 heteroatoms. The predicted octanol–water partition coefficient (Wildman–Crippen LogP) is 0.922. The molecule has 0 unspecified atom stereocenters. The normalized spacial score (nSPS) is 11.9. The molecule has 0 radical (unpaired) electrons. The average Bonchev–Trinajstić information content (AvgIpc) is 2.76. The smallest absolute Gasteiger partial charge is 0.236 e. The number of sulfone groups is 1. The van der Waals surface area contributed by atoms with Gasteiger partial charge in [0.2, 0.25) is 15.0 Å². The third-order valence-electron chi connectivity index (χ3n) is 2.79.